The zero-order valence-corrected chi connectivity index (χ0v) is 13.9. The van der Waals surface area contributed by atoms with Crippen molar-refractivity contribution >= 4 is 35.1 Å². The van der Waals surface area contributed by atoms with E-state index in [0.717, 1.165) is 29.7 Å². The number of carbonyl (C=O) groups excluding carboxylic acids is 3. The molecule has 124 valence electrons. The predicted octanol–water partition coefficient (Wildman–Crippen LogP) is 1.62. The van der Waals surface area contributed by atoms with Crippen LogP contribution in [0.15, 0.2) is 17.5 Å². The van der Waals surface area contributed by atoms with Crippen LogP contribution in [0.1, 0.15) is 36.1 Å². The molecule has 23 heavy (non-hydrogen) atoms. The van der Waals surface area contributed by atoms with Crippen LogP contribution in [0.4, 0.5) is 0 Å². The molecule has 0 aromatic carbocycles. The SMILES string of the molecule is Cc1ccsc1/C=C/C(=O)NNC(=O)CN1CCCCCC1=O. The van der Waals surface area contributed by atoms with Crippen molar-refractivity contribution in [1.29, 1.82) is 0 Å². The van der Waals surface area contributed by atoms with Crippen LogP contribution in [-0.4, -0.2) is 35.7 Å². The predicted molar refractivity (Wildman–Crippen MR) is 89.4 cm³/mol. The first-order valence-corrected chi connectivity index (χ1v) is 8.53. The molecule has 1 aromatic heterocycles. The summed E-state index contributed by atoms with van der Waals surface area (Å²) in [4.78, 5) is 37.8. The van der Waals surface area contributed by atoms with Gasteiger partial charge in [0.2, 0.25) is 5.91 Å². The van der Waals surface area contributed by atoms with E-state index in [0.29, 0.717) is 13.0 Å². The average molecular weight is 335 g/mol. The molecular formula is C16H21N3O3S. The summed E-state index contributed by atoms with van der Waals surface area (Å²) < 4.78 is 0. The van der Waals surface area contributed by atoms with E-state index in [1.165, 1.54) is 6.08 Å². The first kappa shape index (κ1) is 17.2. The highest BCUT2D eigenvalue weighted by Gasteiger charge is 2.19. The molecule has 1 saturated heterocycles. The number of hydrogen-bond donors (Lipinski definition) is 2. The fraction of sp³-hybridized carbons (Fsp3) is 0.438. The number of hydrogen-bond acceptors (Lipinski definition) is 4. The Labute approximate surface area is 139 Å². The van der Waals surface area contributed by atoms with E-state index in [9.17, 15) is 14.4 Å². The van der Waals surface area contributed by atoms with Crippen molar-refractivity contribution in [2.24, 2.45) is 0 Å². The number of hydrazine groups is 1. The number of rotatable bonds is 4. The smallest absolute Gasteiger partial charge is 0.262 e. The normalized spacial score (nSPS) is 15.5. The van der Waals surface area contributed by atoms with Gasteiger partial charge in [-0.2, -0.15) is 0 Å². The molecule has 6 nitrogen and oxygen atoms in total. The second kappa shape index (κ2) is 8.47. The molecule has 2 N–H and O–H groups in total. The minimum atomic E-state index is -0.409. The Balaban J connectivity index is 1.75. The third kappa shape index (κ3) is 5.52. The van der Waals surface area contributed by atoms with E-state index in [2.05, 4.69) is 10.9 Å². The van der Waals surface area contributed by atoms with E-state index in [1.807, 2.05) is 18.4 Å². The van der Waals surface area contributed by atoms with Gasteiger partial charge in [0.05, 0.1) is 0 Å². The molecule has 0 spiro atoms. The lowest BCUT2D eigenvalue weighted by Crippen LogP contribution is -2.47. The Morgan fingerprint density at radius 2 is 2.13 bits per heavy atom. The van der Waals surface area contributed by atoms with Crippen LogP contribution in [0.2, 0.25) is 0 Å². The maximum Gasteiger partial charge on any atom is 0.262 e. The number of nitrogens with one attached hydrogen (secondary N) is 2. The Bertz CT molecular complexity index is 609. The van der Waals surface area contributed by atoms with Gasteiger partial charge in [0, 0.05) is 23.9 Å². The Morgan fingerprint density at radius 1 is 1.30 bits per heavy atom. The van der Waals surface area contributed by atoms with Crippen LogP contribution in [0.3, 0.4) is 0 Å². The Morgan fingerprint density at radius 3 is 2.87 bits per heavy atom. The van der Waals surface area contributed by atoms with Crippen molar-refractivity contribution in [1.82, 2.24) is 15.8 Å². The summed E-state index contributed by atoms with van der Waals surface area (Å²) in [5.41, 5.74) is 5.76. The fourth-order valence-electron chi connectivity index (χ4n) is 2.30. The van der Waals surface area contributed by atoms with Crippen molar-refractivity contribution in [3.8, 4) is 0 Å². The summed E-state index contributed by atoms with van der Waals surface area (Å²) in [5, 5.41) is 1.95. The molecular weight excluding hydrogens is 314 g/mol. The topological polar surface area (TPSA) is 78.5 Å². The van der Waals surface area contributed by atoms with Crippen molar-refractivity contribution in [2.45, 2.75) is 32.6 Å². The second-order valence-corrected chi connectivity index (χ2v) is 6.41. The lowest BCUT2D eigenvalue weighted by Gasteiger charge is -2.19. The molecule has 2 heterocycles. The average Bonchev–Trinajstić information content (AvgIpc) is 2.83. The van der Waals surface area contributed by atoms with Crippen LogP contribution in [0.25, 0.3) is 6.08 Å². The maximum absolute atomic E-state index is 11.8. The molecule has 0 radical (unpaired) electrons. The van der Waals surface area contributed by atoms with Crippen molar-refractivity contribution in [3.63, 3.8) is 0 Å². The monoisotopic (exact) mass is 335 g/mol. The third-order valence-electron chi connectivity index (χ3n) is 3.62. The molecule has 0 bridgehead atoms. The minimum Gasteiger partial charge on any atom is -0.333 e. The maximum atomic E-state index is 11.8. The van der Waals surface area contributed by atoms with Gasteiger partial charge in [-0.15, -0.1) is 11.3 Å². The number of amides is 3. The minimum absolute atomic E-state index is 0.00274. The van der Waals surface area contributed by atoms with E-state index in [4.69, 9.17) is 0 Å². The number of carbonyl (C=O) groups is 3. The first-order valence-electron chi connectivity index (χ1n) is 7.65. The molecule has 0 unspecified atom stereocenters. The summed E-state index contributed by atoms with van der Waals surface area (Å²) in [5.74, 6) is -0.806. The fourth-order valence-corrected chi connectivity index (χ4v) is 3.12. The molecule has 7 heteroatoms. The lowest BCUT2D eigenvalue weighted by molar-refractivity contribution is -0.136. The molecule has 1 fully saturated rings. The van der Waals surface area contributed by atoms with Crippen molar-refractivity contribution in [2.75, 3.05) is 13.1 Å². The zero-order chi connectivity index (χ0) is 16.7. The van der Waals surface area contributed by atoms with Crippen LogP contribution >= 0.6 is 11.3 Å². The van der Waals surface area contributed by atoms with E-state index >= 15 is 0 Å². The van der Waals surface area contributed by atoms with Crippen LogP contribution < -0.4 is 10.9 Å². The highest BCUT2D eigenvalue weighted by molar-refractivity contribution is 7.11. The molecule has 1 aliphatic heterocycles. The van der Waals surface area contributed by atoms with Crippen LogP contribution in [-0.2, 0) is 14.4 Å². The Kier molecular flexibility index (Phi) is 6.34. The molecule has 1 aliphatic rings. The third-order valence-corrected chi connectivity index (χ3v) is 4.60. The second-order valence-electron chi connectivity index (χ2n) is 5.46. The van der Waals surface area contributed by atoms with Crippen LogP contribution in [0.5, 0.6) is 0 Å². The van der Waals surface area contributed by atoms with Crippen molar-refractivity contribution < 1.29 is 14.4 Å². The van der Waals surface area contributed by atoms with E-state index in [1.54, 1.807) is 22.3 Å². The summed E-state index contributed by atoms with van der Waals surface area (Å²) in [7, 11) is 0. The van der Waals surface area contributed by atoms with Gasteiger partial charge in [0.15, 0.2) is 0 Å². The summed E-state index contributed by atoms with van der Waals surface area (Å²) in [6.45, 7) is 2.54. The van der Waals surface area contributed by atoms with Gasteiger partial charge in [0.25, 0.3) is 11.8 Å². The van der Waals surface area contributed by atoms with Gasteiger partial charge in [-0.05, 0) is 42.9 Å². The standard InChI is InChI=1S/C16H21N3O3S/c1-12-8-10-23-13(12)6-7-14(20)17-18-15(21)11-19-9-4-2-3-5-16(19)22/h6-8,10H,2-5,9,11H2,1H3,(H,17,20)(H,18,21)/b7-6+. The quantitative estimate of drug-likeness (QED) is 0.648. The summed E-state index contributed by atoms with van der Waals surface area (Å²) in [6.07, 6.45) is 6.36. The first-order chi connectivity index (χ1) is 11.1. The number of nitrogens with zero attached hydrogens (tertiary/aromatic N) is 1. The largest absolute Gasteiger partial charge is 0.333 e. The number of aryl methyl sites for hydroxylation is 1. The van der Waals surface area contributed by atoms with E-state index < -0.39 is 11.8 Å². The number of thiophene rings is 1. The van der Waals surface area contributed by atoms with Gasteiger partial charge in [0.1, 0.15) is 6.54 Å². The molecule has 1 aromatic rings. The number of likely N-dealkylation sites (tertiary alicyclic amines) is 1. The van der Waals surface area contributed by atoms with Gasteiger partial charge in [-0.3, -0.25) is 25.2 Å². The molecule has 0 saturated carbocycles. The Hall–Kier alpha value is -2.15. The van der Waals surface area contributed by atoms with Crippen molar-refractivity contribution in [3.05, 3.63) is 28.0 Å². The summed E-state index contributed by atoms with van der Waals surface area (Å²) in [6, 6.07) is 1.97. The van der Waals surface area contributed by atoms with E-state index in [-0.39, 0.29) is 12.5 Å². The summed E-state index contributed by atoms with van der Waals surface area (Å²) >= 11 is 1.54. The lowest BCUT2D eigenvalue weighted by atomic mass is 10.2. The van der Waals surface area contributed by atoms with Gasteiger partial charge < -0.3 is 4.90 Å². The molecule has 0 aliphatic carbocycles. The zero-order valence-electron chi connectivity index (χ0n) is 13.1. The molecule has 0 atom stereocenters. The highest BCUT2D eigenvalue weighted by atomic mass is 32.1. The van der Waals surface area contributed by atoms with Gasteiger partial charge in [-0.1, -0.05) is 6.42 Å². The molecule has 2 rings (SSSR count). The highest BCUT2D eigenvalue weighted by Crippen LogP contribution is 2.16. The van der Waals surface area contributed by atoms with Crippen LogP contribution in [0, 0.1) is 6.92 Å². The molecule has 3 amide bonds. The van der Waals surface area contributed by atoms with Gasteiger partial charge in [-0.25, -0.2) is 0 Å². The van der Waals surface area contributed by atoms with Gasteiger partial charge >= 0.3 is 0 Å².